The van der Waals surface area contributed by atoms with Crippen molar-refractivity contribution in [2.24, 2.45) is 5.73 Å². The molecule has 0 aliphatic heterocycles. The van der Waals surface area contributed by atoms with Gasteiger partial charge in [0, 0.05) is 34.4 Å². The van der Waals surface area contributed by atoms with Gasteiger partial charge < -0.3 is 10.3 Å². The first kappa shape index (κ1) is 12.2. The molecule has 2 heteroatoms. The van der Waals surface area contributed by atoms with Crippen LogP contribution in [0.5, 0.6) is 0 Å². The molecule has 0 unspecified atom stereocenters. The van der Waals surface area contributed by atoms with Crippen molar-refractivity contribution in [3.63, 3.8) is 0 Å². The molecule has 0 saturated carbocycles. The summed E-state index contributed by atoms with van der Waals surface area (Å²) in [5.74, 6) is 0. The normalized spacial score (nSPS) is 13.2. The van der Waals surface area contributed by atoms with Crippen LogP contribution in [-0.2, 0) is 6.54 Å². The number of nitrogens with zero attached hydrogens (tertiary/aromatic N) is 1. The van der Waals surface area contributed by atoms with E-state index in [1.807, 2.05) is 0 Å². The number of benzene rings is 2. The van der Waals surface area contributed by atoms with E-state index in [9.17, 15) is 0 Å². The minimum Gasteiger partial charge on any atom is -0.341 e. The Bertz CT molecular complexity index is 725. The second-order valence-electron chi connectivity index (χ2n) is 5.05. The van der Waals surface area contributed by atoms with Crippen molar-refractivity contribution in [1.29, 1.82) is 0 Å². The van der Waals surface area contributed by atoms with Crippen LogP contribution in [0.1, 0.15) is 31.9 Å². The van der Waals surface area contributed by atoms with Crippen LogP contribution in [0.4, 0.5) is 0 Å². The van der Waals surface area contributed by atoms with Crippen molar-refractivity contribution in [1.82, 2.24) is 4.57 Å². The van der Waals surface area contributed by atoms with Gasteiger partial charge in [-0.15, -0.1) is 0 Å². The predicted octanol–water partition coefficient (Wildman–Crippen LogP) is 4.22. The monoisotopic (exact) mass is 252 g/mol. The Kier molecular flexibility index (Phi) is 3.03. The van der Waals surface area contributed by atoms with Crippen LogP contribution in [0.15, 0.2) is 42.5 Å². The summed E-state index contributed by atoms with van der Waals surface area (Å²) in [7, 11) is 0. The molecule has 0 bridgehead atoms. The molecular weight excluding hydrogens is 232 g/mol. The Hall–Kier alpha value is -1.80. The molecular formula is C17H20N2. The quantitative estimate of drug-likeness (QED) is 0.743. The molecule has 19 heavy (non-hydrogen) atoms. The Morgan fingerprint density at radius 1 is 1.00 bits per heavy atom. The van der Waals surface area contributed by atoms with Gasteiger partial charge in [-0.1, -0.05) is 31.2 Å². The highest BCUT2D eigenvalue weighted by atomic mass is 15.0. The summed E-state index contributed by atoms with van der Waals surface area (Å²) in [6.45, 7) is 5.31. The zero-order valence-corrected chi connectivity index (χ0v) is 11.6. The number of nitrogens with two attached hydrogens (primary N) is 1. The number of aromatic nitrogens is 1. The summed E-state index contributed by atoms with van der Waals surface area (Å²) in [4.78, 5) is 0. The van der Waals surface area contributed by atoms with E-state index in [2.05, 4.69) is 60.9 Å². The third-order valence-electron chi connectivity index (χ3n) is 3.98. The number of para-hydroxylation sites is 1. The van der Waals surface area contributed by atoms with E-state index >= 15 is 0 Å². The van der Waals surface area contributed by atoms with Crippen molar-refractivity contribution in [3.05, 3.63) is 48.0 Å². The van der Waals surface area contributed by atoms with E-state index in [1.165, 1.54) is 27.4 Å². The summed E-state index contributed by atoms with van der Waals surface area (Å²) < 4.78 is 2.37. The van der Waals surface area contributed by atoms with E-state index in [1.54, 1.807) is 0 Å². The summed E-state index contributed by atoms with van der Waals surface area (Å²) in [5.41, 5.74) is 10.0. The highest BCUT2D eigenvalue weighted by molar-refractivity contribution is 6.08. The van der Waals surface area contributed by atoms with Crippen LogP contribution in [0, 0.1) is 0 Å². The number of hydrogen-bond acceptors (Lipinski definition) is 1. The van der Waals surface area contributed by atoms with Crippen LogP contribution in [0.3, 0.4) is 0 Å². The SMILES string of the molecule is CC[C@H](N)c1ccc2c(c1)c1ccccc1n2CC. The van der Waals surface area contributed by atoms with E-state index in [4.69, 9.17) is 5.73 Å². The van der Waals surface area contributed by atoms with Crippen molar-refractivity contribution < 1.29 is 0 Å². The third kappa shape index (κ3) is 1.83. The molecule has 3 rings (SSSR count). The van der Waals surface area contributed by atoms with Crippen LogP contribution >= 0.6 is 0 Å². The zero-order valence-electron chi connectivity index (χ0n) is 11.6. The topological polar surface area (TPSA) is 30.9 Å². The predicted molar refractivity (Wildman–Crippen MR) is 82.3 cm³/mol. The largest absolute Gasteiger partial charge is 0.341 e. The van der Waals surface area contributed by atoms with Gasteiger partial charge in [-0.2, -0.15) is 0 Å². The molecule has 2 nitrogen and oxygen atoms in total. The first-order chi connectivity index (χ1) is 9.26. The van der Waals surface area contributed by atoms with Crippen molar-refractivity contribution >= 4 is 21.8 Å². The molecule has 2 aromatic carbocycles. The summed E-state index contributed by atoms with van der Waals surface area (Å²) in [6, 6.07) is 15.4. The van der Waals surface area contributed by atoms with Crippen LogP contribution in [0.2, 0.25) is 0 Å². The van der Waals surface area contributed by atoms with Crippen molar-refractivity contribution in [2.75, 3.05) is 0 Å². The molecule has 1 atom stereocenters. The van der Waals surface area contributed by atoms with Gasteiger partial charge in [0.15, 0.2) is 0 Å². The van der Waals surface area contributed by atoms with Gasteiger partial charge in [0.2, 0.25) is 0 Å². The lowest BCUT2D eigenvalue weighted by atomic mass is 10.0. The lowest BCUT2D eigenvalue weighted by molar-refractivity contribution is 0.699. The maximum Gasteiger partial charge on any atom is 0.0491 e. The first-order valence-corrected chi connectivity index (χ1v) is 7.02. The first-order valence-electron chi connectivity index (χ1n) is 7.02. The van der Waals surface area contributed by atoms with Gasteiger partial charge in [-0.3, -0.25) is 0 Å². The van der Waals surface area contributed by atoms with Crippen LogP contribution in [0.25, 0.3) is 21.8 Å². The second-order valence-corrected chi connectivity index (χ2v) is 5.05. The average Bonchev–Trinajstić information content (AvgIpc) is 2.79. The summed E-state index contributed by atoms with van der Waals surface area (Å²) in [6.07, 6.45) is 0.970. The molecule has 0 spiro atoms. The fourth-order valence-corrected chi connectivity index (χ4v) is 2.88. The Morgan fingerprint density at radius 3 is 2.47 bits per heavy atom. The number of fused-ring (bicyclic) bond motifs is 3. The fraction of sp³-hybridized carbons (Fsp3) is 0.294. The molecule has 1 aromatic heterocycles. The minimum absolute atomic E-state index is 0.133. The minimum atomic E-state index is 0.133. The maximum atomic E-state index is 6.16. The summed E-state index contributed by atoms with van der Waals surface area (Å²) in [5, 5.41) is 2.64. The molecule has 2 N–H and O–H groups in total. The van der Waals surface area contributed by atoms with E-state index in [0.717, 1.165) is 13.0 Å². The lowest BCUT2D eigenvalue weighted by Crippen LogP contribution is -2.08. The molecule has 1 heterocycles. The van der Waals surface area contributed by atoms with Crippen LogP contribution in [-0.4, -0.2) is 4.57 Å². The van der Waals surface area contributed by atoms with Gasteiger partial charge in [0.05, 0.1) is 0 Å². The molecule has 98 valence electrons. The molecule has 0 aliphatic carbocycles. The highest BCUT2D eigenvalue weighted by Gasteiger charge is 2.11. The number of rotatable bonds is 3. The standard InChI is InChI=1S/C17H20N2/c1-3-15(18)12-9-10-17-14(11-12)13-7-5-6-8-16(13)19(17)4-2/h5-11,15H,3-4,18H2,1-2H3/t15-/m0/s1. The Balaban J connectivity index is 2.36. The number of aryl methyl sites for hydroxylation is 1. The van der Waals surface area contributed by atoms with E-state index in [-0.39, 0.29) is 6.04 Å². The van der Waals surface area contributed by atoms with Crippen molar-refractivity contribution in [2.45, 2.75) is 32.9 Å². The molecule has 0 fully saturated rings. The third-order valence-corrected chi connectivity index (χ3v) is 3.98. The van der Waals surface area contributed by atoms with Gasteiger partial charge in [-0.25, -0.2) is 0 Å². The molecule has 3 aromatic rings. The van der Waals surface area contributed by atoms with E-state index < -0.39 is 0 Å². The molecule has 0 saturated heterocycles. The van der Waals surface area contributed by atoms with Gasteiger partial charge >= 0.3 is 0 Å². The molecule has 0 amide bonds. The average molecular weight is 252 g/mol. The van der Waals surface area contributed by atoms with Gasteiger partial charge in [0.25, 0.3) is 0 Å². The highest BCUT2D eigenvalue weighted by Crippen LogP contribution is 2.31. The van der Waals surface area contributed by atoms with Gasteiger partial charge in [0.1, 0.15) is 0 Å². The van der Waals surface area contributed by atoms with E-state index in [0.29, 0.717) is 0 Å². The zero-order chi connectivity index (χ0) is 13.4. The molecule has 0 radical (unpaired) electrons. The number of hydrogen-bond donors (Lipinski definition) is 1. The Morgan fingerprint density at radius 2 is 1.74 bits per heavy atom. The smallest absolute Gasteiger partial charge is 0.0491 e. The van der Waals surface area contributed by atoms with Crippen LogP contribution < -0.4 is 5.73 Å². The Labute approximate surface area is 113 Å². The fourth-order valence-electron chi connectivity index (χ4n) is 2.88. The second kappa shape index (κ2) is 4.71. The van der Waals surface area contributed by atoms with Crippen molar-refractivity contribution in [3.8, 4) is 0 Å². The van der Waals surface area contributed by atoms with Gasteiger partial charge in [-0.05, 0) is 37.1 Å². The summed E-state index contributed by atoms with van der Waals surface area (Å²) >= 11 is 0. The lowest BCUT2D eigenvalue weighted by Gasteiger charge is -2.09. The molecule has 0 aliphatic rings. The maximum absolute atomic E-state index is 6.16.